The highest BCUT2D eigenvalue weighted by Crippen LogP contribution is 2.21. The molecule has 3 aromatic heterocycles. The normalized spacial score (nSPS) is 10.9. The molecular weight excluding hydrogens is 385 g/mol. The van der Waals surface area contributed by atoms with Gasteiger partial charge in [0.15, 0.2) is 11.6 Å². The first kappa shape index (κ1) is 18.0. The van der Waals surface area contributed by atoms with E-state index in [1.807, 2.05) is 0 Å². The first-order chi connectivity index (χ1) is 13.6. The summed E-state index contributed by atoms with van der Waals surface area (Å²) >= 11 is 6.16. The standard InChI is InChI=1S/C19H15ClFN5O2/c20-16-12-26(10-13-3-1-4-14(21)9-13)24-18(16)23-19(27)17-6-5-15(28-17)11-25-8-2-7-22-25/h1-9,12H,10-11H2,(H,23,24,27). The molecule has 28 heavy (non-hydrogen) atoms. The molecule has 0 atom stereocenters. The lowest BCUT2D eigenvalue weighted by molar-refractivity contribution is 0.0994. The number of halogens is 2. The summed E-state index contributed by atoms with van der Waals surface area (Å²) in [7, 11) is 0. The van der Waals surface area contributed by atoms with E-state index in [2.05, 4.69) is 15.5 Å². The number of amides is 1. The van der Waals surface area contributed by atoms with Gasteiger partial charge in [0.1, 0.15) is 16.6 Å². The SMILES string of the molecule is O=C(Nc1nn(Cc2cccc(F)c2)cc1Cl)c1ccc(Cn2cccn2)o1. The average Bonchev–Trinajstić information content (AvgIpc) is 3.39. The monoisotopic (exact) mass is 399 g/mol. The van der Waals surface area contributed by atoms with Gasteiger partial charge in [-0.3, -0.25) is 14.2 Å². The van der Waals surface area contributed by atoms with Crippen molar-refractivity contribution in [2.75, 3.05) is 5.32 Å². The molecule has 9 heteroatoms. The van der Waals surface area contributed by atoms with Crippen LogP contribution < -0.4 is 5.32 Å². The molecule has 0 aliphatic carbocycles. The zero-order valence-corrected chi connectivity index (χ0v) is 15.3. The van der Waals surface area contributed by atoms with Crippen LogP contribution in [0.1, 0.15) is 21.9 Å². The predicted octanol–water partition coefficient (Wildman–Crippen LogP) is 3.81. The second kappa shape index (κ2) is 7.69. The van der Waals surface area contributed by atoms with Crippen LogP contribution in [-0.2, 0) is 13.1 Å². The predicted molar refractivity (Wildman–Crippen MR) is 101 cm³/mol. The lowest BCUT2D eigenvalue weighted by atomic mass is 10.2. The second-order valence-electron chi connectivity index (χ2n) is 6.08. The fourth-order valence-corrected chi connectivity index (χ4v) is 2.89. The number of benzene rings is 1. The van der Waals surface area contributed by atoms with Gasteiger partial charge in [0.05, 0.1) is 13.1 Å². The summed E-state index contributed by atoms with van der Waals surface area (Å²) in [5.41, 5.74) is 0.728. The zero-order chi connectivity index (χ0) is 19.5. The molecule has 1 aromatic carbocycles. The molecule has 0 spiro atoms. The highest BCUT2D eigenvalue weighted by Gasteiger charge is 2.16. The number of nitrogens with zero attached hydrogens (tertiary/aromatic N) is 4. The molecule has 0 bridgehead atoms. The molecule has 142 valence electrons. The van der Waals surface area contributed by atoms with Gasteiger partial charge in [-0.15, -0.1) is 0 Å². The summed E-state index contributed by atoms with van der Waals surface area (Å²) in [6.45, 7) is 0.741. The van der Waals surface area contributed by atoms with Crippen LogP contribution in [-0.4, -0.2) is 25.5 Å². The summed E-state index contributed by atoms with van der Waals surface area (Å²) < 4.78 is 22.1. The summed E-state index contributed by atoms with van der Waals surface area (Å²) in [4.78, 5) is 12.4. The van der Waals surface area contributed by atoms with Crippen LogP contribution >= 0.6 is 11.6 Å². The zero-order valence-electron chi connectivity index (χ0n) is 14.5. The Bertz CT molecular complexity index is 1100. The number of nitrogens with one attached hydrogen (secondary N) is 1. The Morgan fingerprint density at radius 1 is 1.18 bits per heavy atom. The second-order valence-corrected chi connectivity index (χ2v) is 6.48. The van der Waals surface area contributed by atoms with Crippen LogP contribution in [0.4, 0.5) is 10.2 Å². The number of aromatic nitrogens is 4. The van der Waals surface area contributed by atoms with Gasteiger partial charge in [-0.2, -0.15) is 10.2 Å². The van der Waals surface area contributed by atoms with Gasteiger partial charge in [-0.1, -0.05) is 23.7 Å². The Morgan fingerprint density at radius 2 is 2.07 bits per heavy atom. The van der Waals surface area contributed by atoms with Gasteiger partial charge >= 0.3 is 0 Å². The lowest BCUT2D eigenvalue weighted by Crippen LogP contribution is -2.12. The van der Waals surface area contributed by atoms with E-state index in [9.17, 15) is 9.18 Å². The molecule has 0 radical (unpaired) electrons. The summed E-state index contributed by atoms with van der Waals surface area (Å²) in [6, 6.07) is 11.3. The summed E-state index contributed by atoms with van der Waals surface area (Å²) in [5.74, 6) is 0.139. The smallest absolute Gasteiger partial charge is 0.292 e. The van der Waals surface area contributed by atoms with Crippen LogP contribution in [0, 0.1) is 5.82 Å². The largest absolute Gasteiger partial charge is 0.454 e. The van der Waals surface area contributed by atoms with E-state index in [1.165, 1.54) is 16.8 Å². The maximum absolute atomic E-state index is 13.3. The molecule has 1 N–H and O–H groups in total. The molecular formula is C19H15ClFN5O2. The third-order valence-corrected chi connectivity index (χ3v) is 4.22. The van der Waals surface area contributed by atoms with E-state index in [1.54, 1.807) is 53.6 Å². The Kier molecular flexibility index (Phi) is 4.94. The Balaban J connectivity index is 1.43. The van der Waals surface area contributed by atoms with Gasteiger partial charge in [0.2, 0.25) is 0 Å². The molecule has 0 aliphatic heterocycles. The van der Waals surface area contributed by atoms with Crippen LogP contribution in [0.15, 0.2) is 65.5 Å². The topological polar surface area (TPSA) is 77.9 Å². The lowest BCUT2D eigenvalue weighted by Gasteiger charge is -2.02. The Hall–Kier alpha value is -3.39. The van der Waals surface area contributed by atoms with E-state index >= 15 is 0 Å². The van der Waals surface area contributed by atoms with Crippen molar-refractivity contribution in [2.45, 2.75) is 13.1 Å². The van der Waals surface area contributed by atoms with Crippen LogP contribution in [0.2, 0.25) is 5.02 Å². The first-order valence-electron chi connectivity index (χ1n) is 8.42. The Morgan fingerprint density at radius 3 is 2.86 bits per heavy atom. The van der Waals surface area contributed by atoms with Crippen molar-refractivity contribution in [2.24, 2.45) is 0 Å². The number of furan rings is 1. The highest BCUT2D eigenvalue weighted by atomic mass is 35.5. The average molecular weight is 400 g/mol. The molecule has 3 heterocycles. The van der Waals surface area contributed by atoms with Crippen molar-refractivity contribution >= 4 is 23.3 Å². The molecule has 0 unspecified atom stereocenters. The third kappa shape index (κ3) is 4.12. The number of carbonyl (C=O) groups excluding carboxylic acids is 1. The van der Waals surface area contributed by atoms with Crippen molar-refractivity contribution in [3.8, 4) is 0 Å². The fraction of sp³-hybridized carbons (Fsp3) is 0.105. The molecule has 4 rings (SSSR count). The molecule has 4 aromatic rings. The van der Waals surface area contributed by atoms with Crippen LogP contribution in [0.5, 0.6) is 0 Å². The number of anilines is 1. The number of hydrogen-bond donors (Lipinski definition) is 1. The van der Waals surface area contributed by atoms with E-state index < -0.39 is 5.91 Å². The molecule has 7 nitrogen and oxygen atoms in total. The van der Waals surface area contributed by atoms with Gasteiger partial charge in [-0.25, -0.2) is 4.39 Å². The minimum atomic E-state index is -0.468. The van der Waals surface area contributed by atoms with Crippen molar-refractivity contribution < 1.29 is 13.6 Å². The maximum Gasteiger partial charge on any atom is 0.292 e. The van der Waals surface area contributed by atoms with E-state index in [0.29, 0.717) is 18.8 Å². The molecule has 0 aliphatic rings. The maximum atomic E-state index is 13.3. The highest BCUT2D eigenvalue weighted by molar-refractivity contribution is 6.33. The number of hydrogen-bond acceptors (Lipinski definition) is 4. The van der Waals surface area contributed by atoms with Crippen LogP contribution in [0.3, 0.4) is 0 Å². The molecule has 1 amide bonds. The van der Waals surface area contributed by atoms with Gasteiger partial charge < -0.3 is 9.73 Å². The van der Waals surface area contributed by atoms with Crippen LogP contribution in [0.25, 0.3) is 0 Å². The van der Waals surface area contributed by atoms with Crippen molar-refractivity contribution in [1.29, 1.82) is 0 Å². The quantitative estimate of drug-likeness (QED) is 0.534. The molecule has 0 saturated heterocycles. The number of rotatable bonds is 6. The molecule has 0 saturated carbocycles. The van der Waals surface area contributed by atoms with Gasteiger partial charge in [-0.05, 0) is 35.9 Å². The summed E-state index contributed by atoms with van der Waals surface area (Å²) in [6.07, 6.45) is 5.03. The molecule has 0 fully saturated rings. The first-order valence-corrected chi connectivity index (χ1v) is 8.79. The fourth-order valence-electron chi connectivity index (χ4n) is 2.69. The minimum Gasteiger partial charge on any atom is -0.454 e. The van der Waals surface area contributed by atoms with Crippen molar-refractivity contribution in [1.82, 2.24) is 19.6 Å². The van der Waals surface area contributed by atoms with E-state index in [-0.39, 0.29) is 22.4 Å². The van der Waals surface area contributed by atoms with E-state index in [0.717, 1.165) is 5.56 Å². The van der Waals surface area contributed by atoms with Gasteiger partial charge in [0, 0.05) is 18.6 Å². The third-order valence-electron chi connectivity index (χ3n) is 3.95. The minimum absolute atomic E-state index is 0.137. The summed E-state index contributed by atoms with van der Waals surface area (Å²) in [5, 5.41) is 11.2. The van der Waals surface area contributed by atoms with Crippen molar-refractivity contribution in [3.05, 3.63) is 89.0 Å². The Labute approximate surface area is 164 Å². The van der Waals surface area contributed by atoms with E-state index in [4.69, 9.17) is 16.0 Å². The number of carbonyl (C=O) groups is 1. The van der Waals surface area contributed by atoms with Gasteiger partial charge in [0.25, 0.3) is 5.91 Å². The van der Waals surface area contributed by atoms with Crippen molar-refractivity contribution in [3.63, 3.8) is 0 Å².